The number of aryl methyl sites for hydroxylation is 4. The molecule has 0 radical (unpaired) electrons. The molecule has 1 aliphatic rings. The van der Waals surface area contributed by atoms with E-state index in [-0.39, 0.29) is 28.7 Å². The highest BCUT2D eigenvalue weighted by Gasteiger charge is 2.42. The van der Waals surface area contributed by atoms with E-state index in [1.807, 2.05) is 60.7 Å². The first kappa shape index (κ1) is 35.1. The number of aromatic nitrogens is 2. The first-order chi connectivity index (χ1) is 24.8. The fraction of sp³-hybridized carbons (Fsp3) is 0.304. The van der Waals surface area contributed by atoms with Crippen LogP contribution in [-0.2, 0) is 0 Å². The second-order valence-corrected chi connectivity index (χ2v) is 16.2. The molecule has 0 saturated heterocycles. The summed E-state index contributed by atoms with van der Waals surface area (Å²) in [5, 5.41) is 8.41. The van der Waals surface area contributed by atoms with Crippen molar-refractivity contribution in [3.8, 4) is 22.5 Å². The Morgan fingerprint density at radius 1 is 0.635 bits per heavy atom. The maximum atomic E-state index is 14.2. The number of benzene rings is 4. The number of carbonyl (C=O) groups is 2. The Hall–Kier alpha value is -5.36. The molecule has 1 saturated carbocycles. The molecule has 6 heteroatoms. The van der Waals surface area contributed by atoms with Gasteiger partial charge >= 0.3 is 0 Å². The van der Waals surface area contributed by atoms with Gasteiger partial charge in [0.25, 0.3) is 11.8 Å². The third-order valence-electron chi connectivity index (χ3n) is 11.0. The van der Waals surface area contributed by atoms with Crippen molar-refractivity contribution in [2.24, 2.45) is 10.8 Å². The van der Waals surface area contributed by atoms with Crippen LogP contribution in [0.4, 0.5) is 0 Å². The summed E-state index contributed by atoms with van der Waals surface area (Å²) >= 11 is 0. The molecule has 2 amide bonds. The van der Waals surface area contributed by atoms with E-state index in [9.17, 15) is 9.59 Å². The molecule has 2 N–H and O–H groups in total. The lowest BCUT2D eigenvalue weighted by molar-refractivity contribution is 0.0593. The van der Waals surface area contributed by atoms with E-state index in [2.05, 4.69) is 95.5 Å². The second-order valence-electron chi connectivity index (χ2n) is 16.2. The summed E-state index contributed by atoms with van der Waals surface area (Å²) in [7, 11) is 0. The zero-order valence-corrected chi connectivity index (χ0v) is 31.4. The Bertz CT molecular complexity index is 2360. The molecule has 6 nitrogen and oxygen atoms in total. The van der Waals surface area contributed by atoms with Crippen LogP contribution >= 0.6 is 0 Å². The predicted octanol–water partition coefficient (Wildman–Crippen LogP) is 10.1. The lowest BCUT2D eigenvalue weighted by Gasteiger charge is -2.47. The van der Waals surface area contributed by atoms with Crippen molar-refractivity contribution in [1.29, 1.82) is 0 Å². The van der Waals surface area contributed by atoms with Gasteiger partial charge < -0.3 is 10.6 Å². The van der Waals surface area contributed by atoms with Gasteiger partial charge in [-0.05, 0) is 116 Å². The fourth-order valence-corrected chi connectivity index (χ4v) is 8.35. The number of hydrogen-bond acceptors (Lipinski definition) is 4. The molecule has 7 rings (SSSR count). The molecule has 264 valence electrons. The standard InChI is InChI=1S/C46H48N4O2/c1-28-16-18-32(20-30(28)3)41-22-37(35-12-8-10-14-39(35)49-41)43(51)47-27-46(7)25-34(24-45(5,6)26-46)48-44(52)38-23-42(33-19-17-29(2)31(4)21-33)50-40-15-11-9-13-36(38)40/h8-23,34H,24-27H2,1-7H3,(H,47,51)(H,48,52)/t34-,46-/m1/s1. The van der Waals surface area contributed by atoms with Crippen LogP contribution in [0.5, 0.6) is 0 Å². The quantitative estimate of drug-likeness (QED) is 0.175. The number of hydrogen-bond donors (Lipinski definition) is 2. The topological polar surface area (TPSA) is 84.0 Å². The number of rotatable bonds is 7. The summed E-state index contributed by atoms with van der Waals surface area (Å²) in [4.78, 5) is 38.1. The van der Waals surface area contributed by atoms with Gasteiger partial charge in [0.1, 0.15) is 0 Å². The highest BCUT2D eigenvalue weighted by Crippen LogP contribution is 2.46. The summed E-state index contributed by atoms with van der Waals surface area (Å²) < 4.78 is 0. The van der Waals surface area contributed by atoms with Gasteiger partial charge in [0.05, 0.1) is 33.5 Å². The molecule has 2 atom stereocenters. The van der Waals surface area contributed by atoms with Crippen LogP contribution in [0.25, 0.3) is 44.3 Å². The van der Waals surface area contributed by atoms with Gasteiger partial charge in [-0.25, -0.2) is 9.97 Å². The number of fused-ring (bicyclic) bond motifs is 2. The van der Waals surface area contributed by atoms with Crippen molar-refractivity contribution in [1.82, 2.24) is 20.6 Å². The smallest absolute Gasteiger partial charge is 0.252 e. The molecule has 2 aromatic heterocycles. The number of carbonyl (C=O) groups excluding carboxylic acids is 2. The average Bonchev–Trinajstić information content (AvgIpc) is 3.11. The Kier molecular flexibility index (Phi) is 9.20. The van der Waals surface area contributed by atoms with Gasteiger partial charge in [0, 0.05) is 34.5 Å². The van der Waals surface area contributed by atoms with Crippen LogP contribution in [0, 0.1) is 38.5 Å². The van der Waals surface area contributed by atoms with Gasteiger partial charge in [-0.15, -0.1) is 0 Å². The number of pyridine rings is 2. The van der Waals surface area contributed by atoms with Crippen LogP contribution < -0.4 is 10.6 Å². The minimum Gasteiger partial charge on any atom is -0.351 e. The van der Waals surface area contributed by atoms with Crippen LogP contribution in [-0.4, -0.2) is 34.4 Å². The third-order valence-corrected chi connectivity index (χ3v) is 11.0. The monoisotopic (exact) mass is 688 g/mol. The third kappa shape index (κ3) is 7.20. The highest BCUT2D eigenvalue weighted by molar-refractivity contribution is 6.08. The summed E-state index contributed by atoms with van der Waals surface area (Å²) in [6.07, 6.45) is 2.52. The van der Waals surface area contributed by atoms with Crippen LogP contribution in [0.3, 0.4) is 0 Å². The SMILES string of the molecule is Cc1ccc(-c2cc(C(=O)NC[C@]3(C)C[C@H](NC(=O)c4cc(-c5ccc(C)c(C)c5)nc5ccccc45)CC(C)(C)C3)c3ccccc3n2)cc1C. The Balaban J connectivity index is 1.13. The number of nitrogens with zero attached hydrogens (tertiary/aromatic N) is 2. The largest absolute Gasteiger partial charge is 0.351 e. The summed E-state index contributed by atoms with van der Waals surface area (Å²) in [6.45, 7) is 15.6. The van der Waals surface area contributed by atoms with Crippen molar-refractivity contribution in [3.63, 3.8) is 0 Å². The maximum Gasteiger partial charge on any atom is 0.252 e. The maximum absolute atomic E-state index is 14.2. The lowest BCUT2D eigenvalue weighted by Crippen LogP contribution is -2.50. The molecule has 52 heavy (non-hydrogen) atoms. The molecule has 6 aromatic rings. The van der Waals surface area contributed by atoms with Gasteiger partial charge in [-0.3, -0.25) is 9.59 Å². The van der Waals surface area contributed by atoms with E-state index in [1.54, 1.807) is 0 Å². The van der Waals surface area contributed by atoms with Crippen molar-refractivity contribution in [3.05, 3.63) is 130 Å². The van der Waals surface area contributed by atoms with E-state index < -0.39 is 0 Å². The molecule has 1 aliphatic carbocycles. The Labute approximate surface area is 307 Å². The van der Waals surface area contributed by atoms with Crippen molar-refractivity contribution in [2.75, 3.05) is 6.54 Å². The van der Waals surface area contributed by atoms with Crippen LogP contribution in [0.1, 0.15) is 83.0 Å². The van der Waals surface area contributed by atoms with Gasteiger partial charge in [-0.2, -0.15) is 0 Å². The van der Waals surface area contributed by atoms with Crippen molar-refractivity contribution >= 4 is 33.6 Å². The molecule has 0 bridgehead atoms. The van der Waals surface area contributed by atoms with E-state index in [4.69, 9.17) is 9.97 Å². The Morgan fingerprint density at radius 3 is 1.65 bits per heavy atom. The first-order valence-electron chi connectivity index (χ1n) is 18.3. The van der Waals surface area contributed by atoms with E-state index in [0.717, 1.165) is 63.6 Å². The number of amides is 2. The van der Waals surface area contributed by atoms with Gasteiger partial charge in [0.15, 0.2) is 0 Å². The van der Waals surface area contributed by atoms with Gasteiger partial charge in [0.2, 0.25) is 0 Å². The minimum absolute atomic E-state index is 0.0413. The molecule has 0 spiro atoms. The van der Waals surface area contributed by atoms with E-state index in [0.29, 0.717) is 17.7 Å². The molecular weight excluding hydrogens is 641 g/mol. The summed E-state index contributed by atoms with van der Waals surface area (Å²) in [5.41, 5.74) is 10.9. The van der Waals surface area contributed by atoms with Gasteiger partial charge in [-0.1, -0.05) is 81.4 Å². The number of para-hydroxylation sites is 2. The number of nitrogens with one attached hydrogen (secondary N) is 2. The predicted molar refractivity (Wildman–Crippen MR) is 213 cm³/mol. The normalized spacial score (nSPS) is 18.3. The molecule has 2 heterocycles. The average molecular weight is 689 g/mol. The Morgan fingerprint density at radius 2 is 1.13 bits per heavy atom. The molecule has 0 aliphatic heterocycles. The minimum atomic E-state index is -0.236. The molecule has 1 fully saturated rings. The van der Waals surface area contributed by atoms with E-state index in [1.165, 1.54) is 22.3 Å². The fourth-order valence-electron chi connectivity index (χ4n) is 8.35. The lowest BCUT2D eigenvalue weighted by atomic mass is 9.62. The molecule has 4 aromatic carbocycles. The van der Waals surface area contributed by atoms with Crippen LogP contribution in [0.2, 0.25) is 0 Å². The zero-order valence-electron chi connectivity index (χ0n) is 31.4. The summed E-state index contributed by atoms with van der Waals surface area (Å²) in [6, 6.07) is 32.1. The van der Waals surface area contributed by atoms with Crippen molar-refractivity contribution in [2.45, 2.75) is 73.8 Å². The first-order valence-corrected chi connectivity index (χ1v) is 18.3. The highest BCUT2D eigenvalue weighted by atomic mass is 16.2. The van der Waals surface area contributed by atoms with Crippen LogP contribution in [0.15, 0.2) is 97.1 Å². The van der Waals surface area contributed by atoms with Crippen molar-refractivity contribution < 1.29 is 9.59 Å². The zero-order chi connectivity index (χ0) is 36.8. The summed E-state index contributed by atoms with van der Waals surface area (Å²) in [5.74, 6) is -0.212. The molecular formula is C46H48N4O2. The van der Waals surface area contributed by atoms with E-state index >= 15 is 0 Å². The molecule has 0 unspecified atom stereocenters. The second kappa shape index (κ2) is 13.6.